The number of H-pyrrole nitrogens is 1. The highest BCUT2D eigenvalue weighted by atomic mass is 16.1. The Kier molecular flexibility index (Phi) is 3.46. The fourth-order valence-electron chi connectivity index (χ4n) is 2.23. The van der Waals surface area contributed by atoms with Gasteiger partial charge in [0, 0.05) is 0 Å². The molecule has 0 unspecified atom stereocenters. The molecule has 1 aliphatic rings. The van der Waals surface area contributed by atoms with E-state index in [1.165, 1.54) is 5.56 Å². The highest BCUT2D eigenvalue weighted by Gasteiger charge is 2.20. The monoisotopic (exact) mass is 243 g/mol. The lowest BCUT2D eigenvalue weighted by Gasteiger charge is -2.17. The van der Waals surface area contributed by atoms with Crippen LogP contribution >= 0.6 is 0 Å². The summed E-state index contributed by atoms with van der Waals surface area (Å²) in [6, 6.07) is 7.93. The predicted octanol–water partition coefficient (Wildman–Crippen LogP) is 2.14. The molecule has 3 N–H and O–H groups in total. The van der Waals surface area contributed by atoms with Gasteiger partial charge in [0.05, 0.1) is 11.3 Å². The van der Waals surface area contributed by atoms with Crippen molar-refractivity contribution < 1.29 is 0 Å². The Morgan fingerprint density at radius 2 is 1.94 bits per heavy atom. The predicted molar refractivity (Wildman–Crippen MR) is 73.5 cm³/mol. The molecule has 1 aromatic heterocycles. The number of rotatable bonds is 0. The summed E-state index contributed by atoms with van der Waals surface area (Å²) in [4.78, 5) is 18.6. The largest absolute Gasteiger partial charge is 0.369 e. The lowest BCUT2D eigenvalue weighted by Crippen LogP contribution is -2.20. The van der Waals surface area contributed by atoms with Crippen molar-refractivity contribution in [1.29, 1.82) is 0 Å². The Balaban J connectivity index is 0.000000574. The van der Waals surface area contributed by atoms with Crippen LogP contribution in [0.2, 0.25) is 0 Å². The van der Waals surface area contributed by atoms with E-state index >= 15 is 0 Å². The summed E-state index contributed by atoms with van der Waals surface area (Å²) in [6.07, 6.45) is 1.69. The van der Waals surface area contributed by atoms with Gasteiger partial charge in [-0.3, -0.25) is 9.78 Å². The second-order valence-corrected chi connectivity index (χ2v) is 3.93. The number of nitrogens with two attached hydrogens (primary N) is 1. The third-order valence-corrected chi connectivity index (χ3v) is 2.93. The van der Waals surface area contributed by atoms with Crippen molar-refractivity contribution in [2.24, 2.45) is 0 Å². The molecule has 0 amide bonds. The number of fused-ring (bicyclic) bond motifs is 3. The Labute approximate surface area is 106 Å². The van der Waals surface area contributed by atoms with Crippen LogP contribution in [0.5, 0.6) is 0 Å². The second kappa shape index (κ2) is 5.04. The average Bonchev–Trinajstić information content (AvgIpc) is 2.40. The minimum atomic E-state index is -0.144. The van der Waals surface area contributed by atoms with Crippen molar-refractivity contribution >= 4 is 5.95 Å². The molecular weight excluding hydrogens is 226 g/mol. The zero-order valence-corrected chi connectivity index (χ0v) is 10.7. The van der Waals surface area contributed by atoms with E-state index in [1.807, 2.05) is 38.1 Å². The third kappa shape index (κ3) is 2.01. The minimum Gasteiger partial charge on any atom is -0.369 e. The first-order valence-electron chi connectivity index (χ1n) is 6.22. The summed E-state index contributed by atoms with van der Waals surface area (Å²) < 4.78 is 0. The molecule has 0 saturated heterocycles. The molecular formula is C14H17N3O. The molecule has 0 aliphatic heterocycles. The standard InChI is InChI=1S/C12H11N3O.C2H6/c13-12-14-9-6-5-7-3-1-2-4-8(7)10(9)11(16)15-12;1-2/h1-4H,5-6H2,(H3,13,14,15,16);1-2H3. The summed E-state index contributed by atoms with van der Waals surface area (Å²) in [5.74, 6) is 0.197. The number of aryl methyl sites for hydroxylation is 2. The SMILES string of the molecule is CC.Nc1nc2c(c(=O)[nH]1)-c1ccccc1CC2. The van der Waals surface area contributed by atoms with Crippen LogP contribution in [0.15, 0.2) is 29.1 Å². The molecule has 0 spiro atoms. The van der Waals surface area contributed by atoms with E-state index in [1.54, 1.807) is 0 Å². The van der Waals surface area contributed by atoms with Gasteiger partial charge >= 0.3 is 0 Å². The quantitative estimate of drug-likeness (QED) is 0.744. The van der Waals surface area contributed by atoms with Crippen LogP contribution in [0.3, 0.4) is 0 Å². The van der Waals surface area contributed by atoms with Crippen molar-refractivity contribution in [3.8, 4) is 11.1 Å². The van der Waals surface area contributed by atoms with Crippen LogP contribution in [0.25, 0.3) is 11.1 Å². The van der Waals surface area contributed by atoms with E-state index in [2.05, 4.69) is 9.97 Å². The van der Waals surface area contributed by atoms with E-state index in [4.69, 9.17) is 5.73 Å². The molecule has 0 fully saturated rings. The Morgan fingerprint density at radius 1 is 1.22 bits per heavy atom. The summed E-state index contributed by atoms with van der Waals surface area (Å²) in [6.45, 7) is 4.00. The minimum absolute atomic E-state index is 0.144. The molecule has 1 aliphatic carbocycles. The molecule has 4 nitrogen and oxygen atoms in total. The summed E-state index contributed by atoms with van der Waals surface area (Å²) in [5, 5.41) is 0. The van der Waals surface area contributed by atoms with Gasteiger partial charge in [0.15, 0.2) is 0 Å². The van der Waals surface area contributed by atoms with Gasteiger partial charge < -0.3 is 5.73 Å². The Hall–Kier alpha value is -2.10. The van der Waals surface area contributed by atoms with Gasteiger partial charge in [0.25, 0.3) is 5.56 Å². The van der Waals surface area contributed by atoms with E-state index < -0.39 is 0 Å². The molecule has 0 saturated carbocycles. The number of nitrogen functional groups attached to an aromatic ring is 1. The van der Waals surface area contributed by atoms with E-state index in [9.17, 15) is 4.79 Å². The molecule has 4 heteroatoms. The maximum atomic E-state index is 11.9. The average molecular weight is 243 g/mol. The van der Waals surface area contributed by atoms with E-state index in [0.29, 0.717) is 5.56 Å². The smallest absolute Gasteiger partial charge is 0.260 e. The lowest BCUT2D eigenvalue weighted by molar-refractivity contribution is 0.880. The number of hydrogen-bond donors (Lipinski definition) is 2. The molecule has 2 aromatic rings. The van der Waals surface area contributed by atoms with Crippen molar-refractivity contribution in [1.82, 2.24) is 9.97 Å². The van der Waals surface area contributed by atoms with Crippen molar-refractivity contribution in [3.63, 3.8) is 0 Å². The van der Waals surface area contributed by atoms with Gasteiger partial charge in [0.2, 0.25) is 5.95 Å². The van der Waals surface area contributed by atoms with Crippen molar-refractivity contribution in [3.05, 3.63) is 45.9 Å². The number of nitrogens with one attached hydrogen (secondary N) is 1. The lowest BCUT2D eigenvalue weighted by atomic mass is 9.89. The van der Waals surface area contributed by atoms with Crippen molar-refractivity contribution in [2.45, 2.75) is 26.7 Å². The van der Waals surface area contributed by atoms with Crippen LogP contribution in [-0.4, -0.2) is 9.97 Å². The zero-order valence-electron chi connectivity index (χ0n) is 10.7. The number of aromatic nitrogens is 2. The van der Waals surface area contributed by atoms with Gasteiger partial charge in [0.1, 0.15) is 0 Å². The Bertz CT molecular complexity index is 617. The van der Waals surface area contributed by atoms with Gasteiger partial charge in [-0.1, -0.05) is 38.1 Å². The number of benzene rings is 1. The first-order valence-corrected chi connectivity index (χ1v) is 6.22. The van der Waals surface area contributed by atoms with Crippen molar-refractivity contribution in [2.75, 3.05) is 5.73 Å². The number of hydrogen-bond acceptors (Lipinski definition) is 3. The fourth-order valence-corrected chi connectivity index (χ4v) is 2.23. The summed E-state index contributed by atoms with van der Waals surface area (Å²) in [5.41, 5.74) is 9.06. The molecule has 94 valence electrons. The van der Waals surface area contributed by atoms with Crippen LogP contribution in [-0.2, 0) is 12.8 Å². The molecule has 0 atom stereocenters. The van der Waals surface area contributed by atoms with Crippen LogP contribution in [0.4, 0.5) is 5.95 Å². The summed E-state index contributed by atoms with van der Waals surface area (Å²) >= 11 is 0. The normalized spacial score (nSPS) is 11.9. The molecule has 1 heterocycles. The highest BCUT2D eigenvalue weighted by Crippen LogP contribution is 2.29. The van der Waals surface area contributed by atoms with Gasteiger partial charge in [-0.25, -0.2) is 4.98 Å². The molecule has 1 aromatic carbocycles. The van der Waals surface area contributed by atoms with Crippen LogP contribution in [0.1, 0.15) is 25.1 Å². The van der Waals surface area contributed by atoms with E-state index in [-0.39, 0.29) is 11.5 Å². The van der Waals surface area contributed by atoms with E-state index in [0.717, 1.165) is 24.1 Å². The number of aromatic amines is 1. The maximum absolute atomic E-state index is 11.9. The first-order chi connectivity index (χ1) is 8.75. The molecule has 0 radical (unpaired) electrons. The molecule has 3 rings (SSSR count). The van der Waals surface area contributed by atoms with Gasteiger partial charge in [-0.2, -0.15) is 0 Å². The highest BCUT2D eigenvalue weighted by molar-refractivity contribution is 5.71. The fraction of sp³-hybridized carbons (Fsp3) is 0.286. The second-order valence-electron chi connectivity index (χ2n) is 3.93. The van der Waals surface area contributed by atoms with Crippen LogP contribution < -0.4 is 11.3 Å². The first kappa shape index (κ1) is 12.4. The van der Waals surface area contributed by atoms with Gasteiger partial charge in [-0.15, -0.1) is 0 Å². The maximum Gasteiger partial charge on any atom is 0.260 e. The van der Waals surface area contributed by atoms with Gasteiger partial charge in [-0.05, 0) is 24.0 Å². The molecule has 0 bridgehead atoms. The molecule has 18 heavy (non-hydrogen) atoms. The number of nitrogens with zero attached hydrogens (tertiary/aromatic N) is 1. The van der Waals surface area contributed by atoms with Crippen LogP contribution in [0, 0.1) is 0 Å². The third-order valence-electron chi connectivity index (χ3n) is 2.93. The Morgan fingerprint density at radius 3 is 2.72 bits per heavy atom. The summed E-state index contributed by atoms with van der Waals surface area (Å²) in [7, 11) is 0. The topological polar surface area (TPSA) is 71.8 Å². The zero-order chi connectivity index (χ0) is 13.1. The number of anilines is 1.